The van der Waals surface area contributed by atoms with Gasteiger partial charge in [0.15, 0.2) is 0 Å². The maximum atomic E-state index is 11.6. The predicted octanol–water partition coefficient (Wildman–Crippen LogP) is 2.35. The SMILES string of the molecule is COC(=O)C(C)(C)NCc1c(C)cc(C)cc1OC. The molecule has 1 aromatic carbocycles. The van der Waals surface area contributed by atoms with E-state index in [0.29, 0.717) is 6.54 Å². The van der Waals surface area contributed by atoms with E-state index in [9.17, 15) is 4.79 Å². The lowest BCUT2D eigenvalue weighted by molar-refractivity contribution is -0.147. The summed E-state index contributed by atoms with van der Waals surface area (Å²) in [5.74, 6) is 0.557. The van der Waals surface area contributed by atoms with Gasteiger partial charge in [0.05, 0.1) is 14.2 Å². The Morgan fingerprint density at radius 3 is 2.42 bits per heavy atom. The zero-order valence-electron chi connectivity index (χ0n) is 12.6. The molecule has 19 heavy (non-hydrogen) atoms. The van der Waals surface area contributed by atoms with Gasteiger partial charge < -0.3 is 9.47 Å². The van der Waals surface area contributed by atoms with Crippen molar-refractivity contribution < 1.29 is 14.3 Å². The molecule has 0 heterocycles. The highest BCUT2D eigenvalue weighted by Crippen LogP contribution is 2.24. The first kappa shape index (κ1) is 15.5. The van der Waals surface area contributed by atoms with Crippen LogP contribution < -0.4 is 10.1 Å². The standard InChI is InChI=1S/C15H23NO3/c1-10-7-11(2)12(13(8-10)18-5)9-16-15(3,4)14(17)19-6/h7-8,16H,9H2,1-6H3. The monoisotopic (exact) mass is 265 g/mol. The third-order valence-electron chi connectivity index (χ3n) is 3.20. The molecule has 0 spiro atoms. The van der Waals surface area contributed by atoms with Gasteiger partial charge in [-0.25, -0.2) is 0 Å². The number of hydrogen-bond donors (Lipinski definition) is 1. The number of nitrogens with one attached hydrogen (secondary N) is 1. The van der Waals surface area contributed by atoms with Gasteiger partial charge in [-0.2, -0.15) is 0 Å². The van der Waals surface area contributed by atoms with Gasteiger partial charge in [0.1, 0.15) is 11.3 Å². The number of rotatable bonds is 5. The molecule has 0 aliphatic rings. The molecule has 0 radical (unpaired) electrons. The third kappa shape index (κ3) is 3.70. The van der Waals surface area contributed by atoms with Crippen molar-refractivity contribution in [3.05, 3.63) is 28.8 Å². The van der Waals surface area contributed by atoms with Crippen LogP contribution in [0.1, 0.15) is 30.5 Å². The van der Waals surface area contributed by atoms with Gasteiger partial charge in [-0.15, -0.1) is 0 Å². The van der Waals surface area contributed by atoms with E-state index in [0.717, 1.165) is 22.4 Å². The molecular formula is C15H23NO3. The van der Waals surface area contributed by atoms with E-state index in [2.05, 4.69) is 11.4 Å². The second kappa shape index (κ2) is 6.06. The van der Waals surface area contributed by atoms with Crippen LogP contribution in [-0.2, 0) is 16.1 Å². The van der Waals surface area contributed by atoms with Gasteiger partial charge >= 0.3 is 5.97 Å². The van der Waals surface area contributed by atoms with Crippen LogP contribution in [-0.4, -0.2) is 25.7 Å². The lowest BCUT2D eigenvalue weighted by Gasteiger charge is -2.24. The zero-order chi connectivity index (χ0) is 14.6. The molecule has 0 aromatic heterocycles. The Morgan fingerprint density at radius 1 is 1.26 bits per heavy atom. The van der Waals surface area contributed by atoms with Crippen LogP contribution in [0.3, 0.4) is 0 Å². The van der Waals surface area contributed by atoms with Gasteiger partial charge in [0.25, 0.3) is 0 Å². The highest BCUT2D eigenvalue weighted by atomic mass is 16.5. The van der Waals surface area contributed by atoms with Crippen LogP contribution in [0, 0.1) is 13.8 Å². The number of carbonyl (C=O) groups is 1. The van der Waals surface area contributed by atoms with Crippen molar-refractivity contribution in [2.24, 2.45) is 0 Å². The molecule has 0 saturated carbocycles. The molecule has 1 rings (SSSR count). The number of aryl methyl sites for hydroxylation is 2. The summed E-state index contributed by atoms with van der Waals surface area (Å²) < 4.78 is 10.2. The van der Waals surface area contributed by atoms with E-state index in [1.54, 1.807) is 21.0 Å². The van der Waals surface area contributed by atoms with Crippen LogP contribution in [0.5, 0.6) is 5.75 Å². The molecule has 1 aromatic rings. The van der Waals surface area contributed by atoms with Crippen molar-refractivity contribution in [1.29, 1.82) is 0 Å². The largest absolute Gasteiger partial charge is 0.496 e. The van der Waals surface area contributed by atoms with E-state index in [1.807, 2.05) is 19.9 Å². The first-order valence-electron chi connectivity index (χ1n) is 6.29. The van der Waals surface area contributed by atoms with Crippen molar-refractivity contribution in [3.8, 4) is 5.75 Å². The van der Waals surface area contributed by atoms with E-state index in [1.165, 1.54) is 7.11 Å². The first-order chi connectivity index (χ1) is 8.81. The summed E-state index contributed by atoms with van der Waals surface area (Å²) in [5.41, 5.74) is 2.64. The molecule has 0 bridgehead atoms. The van der Waals surface area contributed by atoms with Gasteiger partial charge in [-0.3, -0.25) is 10.1 Å². The van der Waals surface area contributed by atoms with Crippen LogP contribution in [0.25, 0.3) is 0 Å². The van der Waals surface area contributed by atoms with Crippen LogP contribution in [0.2, 0.25) is 0 Å². The maximum absolute atomic E-state index is 11.6. The maximum Gasteiger partial charge on any atom is 0.325 e. The second-order valence-corrected chi connectivity index (χ2v) is 5.23. The van der Waals surface area contributed by atoms with Crippen molar-refractivity contribution in [2.75, 3.05) is 14.2 Å². The fourth-order valence-corrected chi connectivity index (χ4v) is 2.00. The summed E-state index contributed by atoms with van der Waals surface area (Å²) >= 11 is 0. The van der Waals surface area contributed by atoms with Gasteiger partial charge in [-0.05, 0) is 44.9 Å². The molecular weight excluding hydrogens is 242 g/mol. The molecule has 0 aliphatic carbocycles. The normalized spacial score (nSPS) is 11.3. The van der Waals surface area contributed by atoms with E-state index in [-0.39, 0.29) is 5.97 Å². The highest BCUT2D eigenvalue weighted by Gasteiger charge is 2.28. The number of benzene rings is 1. The Bertz CT molecular complexity index is 467. The minimum atomic E-state index is -0.725. The summed E-state index contributed by atoms with van der Waals surface area (Å²) in [6.07, 6.45) is 0. The number of methoxy groups -OCH3 is 2. The van der Waals surface area contributed by atoms with Crippen molar-refractivity contribution >= 4 is 5.97 Å². The average molecular weight is 265 g/mol. The fraction of sp³-hybridized carbons (Fsp3) is 0.533. The Balaban J connectivity index is 2.92. The van der Waals surface area contributed by atoms with E-state index >= 15 is 0 Å². The van der Waals surface area contributed by atoms with Crippen LogP contribution >= 0.6 is 0 Å². The lowest BCUT2D eigenvalue weighted by atomic mass is 10.0. The predicted molar refractivity (Wildman–Crippen MR) is 75.4 cm³/mol. The summed E-state index contributed by atoms with van der Waals surface area (Å²) in [7, 11) is 3.05. The lowest BCUT2D eigenvalue weighted by Crippen LogP contribution is -2.47. The van der Waals surface area contributed by atoms with Crippen LogP contribution in [0.4, 0.5) is 0 Å². The molecule has 0 fully saturated rings. The Hall–Kier alpha value is -1.55. The molecule has 4 nitrogen and oxygen atoms in total. The third-order valence-corrected chi connectivity index (χ3v) is 3.20. The van der Waals surface area contributed by atoms with Crippen molar-refractivity contribution in [1.82, 2.24) is 5.32 Å². The van der Waals surface area contributed by atoms with E-state index in [4.69, 9.17) is 9.47 Å². The summed E-state index contributed by atoms with van der Waals surface area (Å²) in [5, 5.41) is 3.21. The molecule has 4 heteroatoms. The molecule has 0 unspecified atom stereocenters. The quantitative estimate of drug-likeness (QED) is 0.830. The summed E-state index contributed by atoms with van der Waals surface area (Å²) in [4.78, 5) is 11.6. The topological polar surface area (TPSA) is 47.6 Å². The molecule has 0 saturated heterocycles. The fourth-order valence-electron chi connectivity index (χ4n) is 2.00. The first-order valence-corrected chi connectivity index (χ1v) is 6.29. The van der Waals surface area contributed by atoms with Crippen LogP contribution in [0.15, 0.2) is 12.1 Å². The molecule has 1 N–H and O–H groups in total. The van der Waals surface area contributed by atoms with Crippen molar-refractivity contribution in [3.63, 3.8) is 0 Å². The minimum Gasteiger partial charge on any atom is -0.496 e. The highest BCUT2D eigenvalue weighted by molar-refractivity contribution is 5.79. The van der Waals surface area contributed by atoms with Gasteiger partial charge in [0, 0.05) is 12.1 Å². The Labute approximate surface area is 115 Å². The minimum absolute atomic E-state index is 0.281. The second-order valence-electron chi connectivity index (χ2n) is 5.23. The number of hydrogen-bond acceptors (Lipinski definition) is 4. The number of carbonyl (C=O) groups excluding carboxylic acids is 1. The molecule has 0 amide bonds. The Morgan fingerprint density at radius 2 is 1.89 bits per heavy atom. The van der Waals surface area contributed by atoms with Crippen molar-refractivity contribution in [2.45, 2.75) is 39.8 Å². The Kier molecular flexibility index (Phi) is 4.95. The molecule has 0 aliphatic heterocycles. The zero-order valence-corrected chi connectivity index (χ0v) is 12.6. The summed E-state index contributed by atoms with van der Waals surface area (Å²) in [6.45, 7) is 8.23. The van der Waals surface area contributed by atoms with Gasteiger partial charge in [-0.1, -0.05) is 6.07 Å². The molecule has 106 valence electrons. The van der Waals surface area contributed by atoms with E-state index < -0.39 is 5.54 Å². The number of ether oxygens (including phenoxy) is 2. The average Bonchev–Trinajstić information content (AvgIpc) is 2.35. The smallest absolute Gasteiger partial charge is 0.325 e. The molecule has 0 atom stereocenters. The number of esters is 1. The van der Waals surface area contributed by atoms with Gasteiger partial charge in [0.2, 0.25) is 0 Å². The summed E-state index contributed by atoms with van der Waals surface area (Å²) in [6, 6.07) is 4.10.